The van der Waals surface area contributed by atoms with Crippen LogP contribution in [-0.4, -0.2) is 0 Å². The Kier molecular flexibility index (Phi) is 6.09. The van der Waals surface area contributed by atoms with Gasteiger partial charge in [-0.1, -0.05) is 146 Å². The molecule has 0 nitrogen and oxygen atoms in total. The summed E-state index contributed by atoms with van der Waals surface area (Å²) in [6, 6.07) is 63.0. The van der Waals surface area contributed by atoms with Crippen LogP contribution < -0.4 is 0 Å². The summed E-state index contributed by atoms with van der Waals surface area (Å²) in [5.41, 5.74) is 7.64. The Bertz CT molecular complexity index is 3080. The second-order valence-electron chi connectivity index (χ2n) is 13.2. The van der Waals surface area contributed by atoms with Gasteiger partial charge in [0.2, 0.25) is 0 Å². The number of hydrogen-bond acceptors (Lipinski definition) is 2. The summed E-state index contributed by atoms with van der Waals surface area (Å²) in [5, 5.41) is 13.1. The molecule has 2 aromatic heterocycles. The predicted molar refractivity (Wildman–Crippen MR) is 221 cm³/mol. The van der Waals surface area contributed by atoms with Crippen molar-refractivity contribution in [2.75, 3.05) is 0 Å². The molecule has 0 aliphatic carbocycles. The van der Waals surface area contributed by atoms with Crippen LogP contribution in [0.2, 0.25) is 0 Å². The van der Waals surface area contributed by atoms with Crippen molar-refractivity contribution in [2.24, 2.45) is 0 Å². The van der Waals surface area contributed by atoms with Gasteiger partial charge in [-0.05, 0) is 90.0 Å². The fourth-order valence-electron chi connectivity index (χ4n) is 8.23. The van der Waals surface area contributed by atoms with E-state index in [-0.39, 0.29) is 0 Å². The van der Waals surface area contributed by atoms with E-state index in [1.807, 2.05) is 22.7 Å². The van der Waals surface area contributed by atoms with Gasteiger partial charge in [0.05, 0.1) is 0 Å². The topological polar surface area (TPSA) is 0 Å². The summed E-state index contributed by atoms with van der Waals surface area (Å²) in [4.78, 5) is 0. The van der Waals surface area contributed by atoms with Crippen molar-refractivity contribution >= 4 is 95.3 Å². The molecule has 50 heavy (non-hydrogen) atoms. The molecule has 0 spiro atoms. The fourth-order valence-corrected chi connectivity index (χ4v) is 10.7. The van der Waals surface area contributed by atoms with E-state index in [1.165, 1.54) is 106 Å². The third kappa shape index (κ3) is 4.10. The van der Waals surface area contributed by atoms with E-state index >= 15 is 0 Å². The van der Waals surface area contributed by atoms with Gasteiger partial charge < -0.3 is 0 Å². The van der Waals surface area contributed by atoms with Gasteiger partial charge in [0.25, 0.3) is 0 Å². The Morgan fingerprint density at radius 1 is 0.300 bits per heavy atom. The van der Waals surface area contributed by atoms with E-state index < -0.39 is 0 Å². The van der Waals surface area contributed by atoms with E-state index in [4.69, 9.17) is 0 Å². The molecule has 0 saturated heterocycles. The Balaban J connectivity index is 1.14. The highest BCUT2D eigenvalue weighted by atomic mass is 32.1. The minimum Gasteiger partial charge on any atom is -0.135 e. The maximum Gasteiger partial charge on any atom is 0.0454 e. The first-order chi connectivity index (χ1) is 24.8. The lowest BCUT2D eigenvalue weighted by Crippen LogP contribution is -1.91. The third-order valence-electron chi connectivity index (χ3n) is 10.4. The van der Waals surface area contributed by atoms with Crippen LogP contribution in [0.5, 0.6) is 0 Å². The molecule has 232 valence electrons. The van der Waals surface area contributed by atoms with Crippen LogP contribution in [0, 0.1) is 0 Å². The van der Waals surface area contributed by atoms with E-state index in [0.717, 1.165) is 0 Å². The maximum absolute atomic E-state index is 2.44. The second-order valence-corrected chi connectivity index (χ2v) is 15.3. The molecule has 0 unspecified atom stereocenters. The van der Waals surface area contributed by atoms with Crippen LogP contribution in [0.15, 0.2) is 170 Å². The van der Waals surface area contributed by atoms with Crippen LogP contribution in [0.4, 0.5) is 0 Å². The maximum atomic E-state index is 2.44. The number of rotatable bonds is 3. The molecule has 0 radical (unpaired) electrons. The van der Waals surface area contributed by atoms with E-state index in [1.54, 1.807) is 0 Å². The summed E-state index contributed by atoms with van der Waals surface area (Å²) < 4.78 is 5.43. The lowest BCUT2D eigenvalue weighted by atomic mass is 9.85. The summed E-state index contributed by atoms with van der Waals surface area (Å²) in [6.07, 6.45) is 0. The van der Waals surface area contributed by atoms with Crippen LogP contribution >= 0.6 is 22.7 Å². The molecular formula is C48H28S2. The molecule has 2 heteroatoms. The molecule has 11 aromatic rings. The standard InChI is InChI=1S/C48H28S2/c1-2-12-32-27-33(26-21-29(32)11-1)45-36-15-5-3-13-34(36)44(35-14-4-6-16-37(35)45)31-24-22-30(23-25-31)40-28-43-47(39-18-8-9-19-41(39)49-43)48-46(40)38-17-7-10-20-42(38)50-48/h1-28H. The Hall–Kier alpha value is -5.80. The first-order valence-electron chi connectivity index (χ1n) is 17.1. The monoisotopic (exact) mass is 668 g/mol. The van der Waals surface area contributed by atoms with Gasteiger partial charge in [-0.15, -0.1) is 22.7 Å². The molecule has 0 N–H and O–H groups in total. The molecule has 0 amide bonds. The highest BCUT2D eigenvalue weighted by Gasteiger charge is 2.20. The van der Waals surface area contributed by atoms with E-state index in [2.05, 4.69) is 170 Å². The quantitative estimate of drug-likeness (QED) is 0.164. The zero-order valence-corrected chi connectivity index (χ0v) is 28.6. The Morgan fingerprint density at radius 3 is 1.44 bits per heavy atom. The van der Waals surface area contributed by atoms with Gasteiger partial charge in [-0.25, -0.2) is 0 Å². The molecule has 0 atom stereocenters. The predicted octanol–water partition coefficient (Wildman–Crippen LogP) is 14.9. The van der Waals surface area contributed by atoms with Crippen molar-refractivity contribution in [3.63, 3.8) is 0 Å². The van der Waals surface area contributed by atoms with Crippen LogP contribution in [0.25, 0.3) is 106 Å². The molecule has 9 aromatic carbocycles. The Labute approximate surface area is 297 Å². The number of benzene rings is 9. The summed E-state index contributed by atoms with van der Waals surface area (Å²) in [7, 11) is 0. The minimum absolute atomic E-state index is 1.24. The van der Waals surface area contributed by atoms with E-state index in [0.29, 0.717) is 0 Å². The molecule has 0 aliphatic rings. The van der Waals surface area contributed by atoms with Gasteiger partial charge in [-0.2, -0.15) is 0 Å². The number of fused-ring (bicyclic) bond motifs is 10. The lowest BCUT2D eigenvalue weighted by molar-refractivity contribution is 1.65. The molecule has 2 heterocycles. The summed E-state index contributed by atoms with van der Waals surface area (Å²) in [5.74, 6) is 0. The van der Waals surface area contributed by atoms with Crippen molar-refractivity contribution in [1.29, 1.82) is 0 Å². The van der Waals surface area contributed by atoms with Gasteiger partial charge in [-0.3, -0.25) is 0 Å². The zero-order valence-electron chi connectivity index (χ0n) is 27.0. The molecule has 0 aliphatic heterocycles. The van der Waals surface area contributed by atoms with Crippen LogP contribution in [0.3, 0.4) is 0 Å². The molecule has 0 fully saturated rings. The van der Waals surface area contributed by atoms with Crippen molar-refractivity contribution in [1.82, 2.24) is 0 Å². The van der Waals surface area contributed by atoms with Crippen LogP contribution in [0.1, 0.15) is 0 Å². The van der Waals surface area contributed by atoms with Gasteiger partial charge in [0, 0.05) is 40.3 Å². The molecule has 11 rings (SSSR count). The SMILES string of the molecule is c1ccc2cc(-c3c4ccccc4c(-c4ccc(-c5cc6sc7ccccc7c6c6sc7ccccc7c56)cc4)c4ccccc34)ccc2c1. The van der Waals surface area contributed by atoms with Crippen molar-refractivity contribution < 1.29 is 0 Å². The fraction of sp³-hybridized carbons (Fsp3) is 0. The van der Waals surface area contributed by atoms with Gasteiger partial charge in [0.15, 0.2) is 0 Å². The average molecular weight is 669 g/mol. The number of hydrogen-bond donors (Lipinski definition) is 0. The molecule has 0 bridgehead atoms. The van der Waals surface area contributed by atoms with Crippen molar-refractivity contribution in [3.8, 4) is 33.4 Å². The second kappa shape index (κ2) is 10.9. The van der Waals surface area contributed by atoms with Gasteiger partial charge in [0.1, 0.15) is 0 Å². The summed E-state index contributed by atoms with van der Waals surface area (Å²) >= 11 is 3.83. The number of thiophene rings is 2. The van der Waals surface area contributed by atoms with Gasteiger partial charge >= 0.3 is 0 Å². The lowest BCUT2D eigenvalue weighted by Gasteiger charge is -2.18. The minimum atomic E-state index is 1.24. The largest absolute Gasteiger partial charge is 0.135 e. The smallest absolute Gasteiger partial charge is 0.0454 e. The van der Waals surface area contributed by atoms with Crippen molar-refractivity contribution in [2.45, 2.75) is 0 Å². The molecular weight excluding hydrogens is 641 g/mol. The van der Waals surface area contributed by atoms with Crippen LogP contribution in [-0.2, 0) is 0 Å². The van der Waals surface area contributed by atoms with E-state index in [9.17, 15) is 0 Å². The molecule has 0 saturated carbocycles. The first-order valence-corrected chi connectivity index (χ1v) is 18.7. The normalized spacial score (nSPS) is 12.0. The first kappa shape index (κ1) is 28.1. The third-order valence-corrected chi connectivity index (χ3v) is 12.8. The zero-order chi connectivity index (χ0) is 32.8. The highest BCUT2D eigenvalue weighted by Crippen LogP contribution is 2.49. The highest BCUT2D eigenvalue weighted by molar-refractivity contribution is 7.30. The van der Waals surface area contributed by atoms with Crippen molar-refractivity contribution in [3.05, 3.63) is 170 Å². The Morgan fingerprint density at radius 2 is 0.780 bits per heavy atom. The average Bonchev–Trinajstić information content (AvgIpc) is 3.75. The summed E-state index contributed by atoms with van der Waals surface area (Å²) in [6.45, 7) is 0.